The second-order valence-electron chi connectivity index (χ2n) is 6.34. The molecule has 1 saturated carbocycles. The van der Waals surface area contributed by atoms with Gasteiger partial charge < -0.3 is 10.2 Å². The summed E-state index contributed by atoms with van der Waals surface area (Å²) in [6.45, 7) is 4.77. The highest BCUT2D eigenvalue weighted by Gasteiger charge is 2.35. The Kier molecular flexibility index (Phi) is 4.24. The molecule has 1 aromatic rings. The van der Waals surface area contributed by atoms with Crippen molar-refractivity contribution in [2.24, 2.45) is 5.92 Å². The molecule has 1 heterocycles. The second kappa shape index (κ2) is 6.14. The van der Waals surface area contributed by atoms with E-state index in [0.29, 0.717) is 17.5 Å². The van der Waals surface area contributed by atoms with Crippen LogP contribution in [0.3, 0.4) is 0 Å². The molecule has 1 aliphatic heterocycles. The van der Waals surface area contributed by atoms with Gasteiger partial charge in [0.1, 0.15) is 5.82 Å². The van der Waals surface area contributed by atoms with Gasteiger partial charge in [-0.15, -0.1) is 0 Å². The maximum atomic E-state index is 13.5. The van der Waals surface area contributed by atoms with E-state index < -0.39 is 0 Å². The summed E-state index contributed by atoms with van der Waals surface area (Å²) in [5, 5.41) is 3.36. The van der Waals surface area contributed by atoms with Crippen molar-refractivity contribution < 1.29 is 9.18 Å². The number of benzene rings is 1. The molecule has 1 aromatic carbocycles. The van der Waals surface area contributed by atoms with Crippen LogP contribution in [0.5, 0.6) is 0 Å². The van der Waals surface area contributed by atoms with E-state index in [-0.39, 0.29) is 11.7 Å². The van der Waals surface area contributed by atoms with Crippen molar-refractivity contribution in [3.05, 3.63) is 35.1 Å². The fraction of sp³-hybridized carbons (Fsp3) is 0.588. The summed E-state index contributed by atoms with van der Waals surface area (Å²) in [6.07, 6.45) is 4.42. The molecule has 0 radical (unpaired) electrons. The predicted octanol–water partition coefficient (Wildman–Crippen LogP) is 2.74. The second-order valence-corrected chi connectivity index (χ2v) is 6.34. The molecule has 114 valence electrons. The molecule has 1 N–H and O–H groups in total. The Bertz CT molecular complexity index is 522. The SMILES string of the molecule is Cc1ccc(F)cc1C(=O)N(CC1CCNCC1)C1CC1. The van der Waals surface area contributed by atoms with Crippen LogP contribution in [0.4, 0.5) is 4.39 Å². The molecule has 0 atom stereocenters. The first-order chi connectivity index (χ1) is 10.1. The Hall–Kier alpha value is -1.42. The van der Waals surface area contributed by atoms with E-state index in [1.165, 1.54) is 12.1 Å². The van der Waals surface area contributed by atoms with Gasteiger partial charge in [0.05, 0.1) is 0 Å². The minimum absolute atomic E-state index is 0.00744. The van der Waals surface area contributed by atoms with E-state index >= 15 is 0 Å². The van der Waals surface area contributed by atoms with Crippen LogP contribution in [0, 0.1) is 18.7 Å². The van der Waals surface area contributed by atoms with Crippen molar-refractivity contribution in [2.45, 2.75) is 38.6 Å². The lowest BCUT2D eigenvalue weighted by Crippen LogP contribution is -2.40. The number of hydrogen-bond donors (Lipinski definition) is 1. The van der Waals surface area contributed by atoms with Gasteiger partial charge in [-0.05, 0) is 69.3 Å². The Balaban J connectivity index is 1.76. The van der Waals surface area contributed by atoms with Crippen LogP contribution in [-0.4, -0.2) is 36.5 Å². The van der Waals surface area contributed by atoms with Gasteiger partial charge in [0.2, 0.25) is 0 Å². The smallest absolute Gasteiger partial charge is 0.254 e. The molecule has 21 heavy (non-hydrogen) atoms. The molecule has 2 fully saturated rings. The van der Waals surface area contributed by atoms with Gasteiger partial charge in [0, 0.05) is 18.2 Å². The van der Waals surface area contributed by atoms with Gasteiger partial charge >= 0.3 is 0 Å². The van der Waals surface area contributed by atoms with E-state index in [1.54, 1.807) is 6.07 Å². The maximum Gasteiger partial charge on any atom is 0.254 e. The van der Waals surface area contributed by atoms with Crippen LogP contribution in [0.15, 0.2) is 18.2 Å². The lowest BCUT2D eigenvalue weighted by Gasteiger charge is -2.30. The van der Waals surface area contributed by atoms with Crippen LogP contribution in [0.2, 0.25) is 0 Å². The molecule has 3 rings (SSSR count). The van der Waals surface area contributed by atoms with Crippen molar-refractivity contribution in [3.63, 3.8) is 0 Å². The summed E-state index contributed by atoms with van der Waals surface area (Å²) < 4.78 is 13.5. The van der Waals surface area contributed by atoms with Gasteiger partial charge in [0.25, 0.3) is 5.91 Å². The molecule has 0 spiro atoms. The summed E-state index contributed by atoms with van der Waals surface area (Å²) >= 11 is 0. The fourth-order valence-electron chi connectivity index (χ4n) is 3.11. The molecule has 1 amide bonds. The van der Waals surface area contributed by atoms with E-state index in [0.717, 1.165) is 50.9 Å². The first-order valence-electron chi connectivity index (χ1n) is 7.93. The maximum absolute atomic E-state index is 13.5. The van der Waals surface area contributed by atoms with Gasteiger partial charge in [-0.1, -0.05) is 6.07 Å². The Labute approximate surface area is 125 Å². The highest BCUT2D eigenvalue weighted by Crippen LogP contribution is 2.31. The normalized spacial score (nSPS) is 19.5. The number of halogens is 1. The van der Waals surface area contributed by atoms with Gasteiger partial charge in [0.15, 0.2) is 0 Å². The zero-order valence-corrected chi connectivity index (χ0v) is 12.6. The molecule has 3 nitrogen and oxygen atoms in total. The number of hydrogen-bond acceptors (Lipinski definition) is 2. The zero-order chi connectivity index (χ0) is 14.8. The predicted molar refractivity (Wildman–Crippen MR) is 80.8 cm³/mol. The summed E-state index contributed by atoms with van der Waals surface area (Å²) in [6, 6.07) is 4.86. The lowest BCUT2D eigenvalue weighted by atomic mass is 9.97. The summed E-state index contributed by atoms with van der Waals surface area (Å²) in [7, 11) is 0. The van der Waals surface area contributed by atoms with E-state index in [2.05, 4.69) is 5.32 Å². The molecule has 1 aliphatic carbocycles. The van der Waals surface area contributed by atoms with Crippen LogP contribution >= 0.6 is 0 Å². The standard InChI is InChI=1S/C17H23FN2O/c1-12-2-3-14(18)10-16(12)17(21)20(15-4-5-15)11-13-6-8-19-9-7-13/h2-3,10,13,15,19H,4-9,11H2,1H3. The third-order valence-corrected chi connectivity index (χ3v) is 4.59. The Morgan fingerprint density at radius 1 is 1.29 bits per heavy atom. The number of aryl methyl sites for hydroxylation is 1. The highest BCUT2D eigenvalue weighted by molar-refractivity contribution is 5.96. The average Bonchev–Trinajstić information content (AvgIpc) is 3.32. The minimum atomic E-state index is -0.332. The van der Waals surface area contributed by atoms with Crippen LogP contribution in [0.1, 0.15) is 41.6 Å². The third-order valence-electron chi connectivity index (χ3n) is 4.59. The van der Waals surface area contributed by atoms with E-state index in [4.69, 9.17) is 0 Å². The molecule has 4 heteroatoms. The highest BCUT2D eigenvalue weighted by atomic mass is 19.1. The van der Waals surface area contributed by atoms with Gasteiger partial charge in [-0.2, -0.15) is 0 Å². The monoisotopic (exact) mass is 290 g/mol. The number of carbonyl (C=O) groups excluding carboxylic acids is 1. The number of nitrogens with one attached hydrogen (secondary N) is 1. The molecule has 0 bridgehead atoms. The molecule has 2 aliphatic rings. The van der Waals surface area contributed by atoms with E-state index in [9.17, 15) is 9.18 Å². The Morgan fingerprint density at radius 3 is 2.67 bits per heavy atom. The first-order valence-corrected chi connectivity index (χ1v) is 7.93. The largest absolute Gasteiger partial charge is 0.335 e. The van der Waals surface area contributed by atoms with Gasteiger partial charge in [-0.3, -0.25) is 4.79 Å². The van der Waals surface area contributed by atoms with Crippen molar-refractivity contribution in [2.75, 3.05) is 19.6 Å². The van der Waals surface area contributed by atoms with Crippen molar-refractivity contribution in [1.29, 1.82) is 0 Å². The number of rotatable bonds is 4. The average molecular weight is 290 g/mol. The first kappa shape index (κ1) is 14.5. The number of piperidine rings is 1. The molecule has 0 aromatic heterocycles. The van der Waals surface area contributed by atoms with E-state index in [1.807, 2.05) is 11.8 Å². The third kappa shape index (κ3) is 3.43. The van der Waals surface area contributed by atoms with Crippen molar-refractivity contribution in [3.8, 4) is 0 Å². The summed E-state index contributed by atoms with van der Waals surface area (Å²) in [5.41, 5.74) is 1.38. The lowest BCUT2D eigenvalue weighted by molar-refractivity contribution is 0.0700. The fourth-order valence-corrected chi connectivity index (χ4v) is 3.11. The molecule has 1 saturated heterocycles. The van der Waals surface area contributed by atoms with Gasteiger partial charge in [-0.25, -0.2) is 4.39 Å². The topological polar surface area (TPSA) is 32.3 Å². The molecular formula is C17H23FN2O. The number of carbonyl (C=O) groups is 1. The molecule has 0 unspecified atom stereocenters. The van der Waals surface area contributed by atoms with Crippen LogP contribution in [-0.2, 0) is 0 Å². The minimum Gasteiger partial charge on any atom is -0.335 e. The van der Waals surface area contributed by atoms with Crippen LogP contribution < -0.4 is 5.32 Å². The number of amides is 1. The molecular weight excluding hydrogens is 267 g/mol. The quantitative estimate of drug-likeness (QED) is 0.925. The number of nitrogens with zero attached hydrogens (tertiary/aromatic N) is 1. The summed E-state index contributed by atoms with van der Waals surface area (Å²) in [5.74, 6) is 0.249. The Morgan fingerprint density at radius 2 is 2.00 bits per heavy atom. The van der Waals surface area contributed by atoms with Crippen molar-refractivity contribution in [1.82, 2.24) is 10.2 Å². The van der Waals surface area contributed by atoms with Crippen LogP contribution in [0.25, 0.3) is 0 Å². The van der Waals surface area contributed by atoms with Crippen molar-refractivity contribution >= 4 is 5.91 Å². The summed E-state index contributed by atoms with van der Waals surface area (Å²) in [4.78, 5) is 14.8. The zero-order valence-electron chi connectivity index (χ0n) is 12.6.